The van der Waals surface area contributed by atoms with Gasteiger partial charge in [0.25, 0.3) is 0 Å². The van der Waals surface area contributed by atoms with Gasteiger partial charge in [-0.15, -0.1) is 0 Å². The van der Waals surface area contributed by atoms with Crippen LogP contribution in [0.1, 0.15) is 88.2 Å². The molecule has 8 N–H and O–H groups in total. The molecule has 0 spiro atoms. The molecule has 2 aliphatic rings. The summed E-state index contributed by atoms with van der Waals surface area (Å²) < 4.78 is 12.1. The van der Waals surface area contributed by atoms with Gasteiger partial charge in [-0.2, -0.15) is 0 Å². The molecule has 13 heteroatoms. The summed E-state index contributed by atoms with van der Waals surface area (Å²) in [6.07, 6.45) is 5.19. The van der Waals surface area contributed by atoms with Crippen LogP contribution in [0.15, 0.2) is 84.9 Å². The number of rotatable bonds is 20. The fourth-order valence-electron chi connectivity index (χ4n) is 8.25. The molecule has 0 saturated heterocycles. The summed E-state index contributed by atoms with van der Waals surface area (Å²) in [6, 6.07) is 28.2. The van der Waals surface area contributed by atoms with Gasteiger partial charge < -0.3 is 42.0 Å². The zero-order valence-corrected chi connectivity index (χ0v) is 32.9. The molecule has 4 aromatic rings. The lowest BCUT2D eigenvalue weighted by molar-refractivity contribution is -0.146. The number of nitrogens with one attached hydrogen (secondary N) is 4. The standard InChI is InChI=1S/C44H57BN6O6/c46-25-9-15-37(50-41(54)43(21-5-6-22-43)39(52)48-29-31-17-19-33-11-1-3-13-35(33)27-31)56-45-57-38(16-10-26-47)51-42(55)44(23-7-8-24-44)40(53)49-30-32-18-20-34-12-2-4-14-36(34)28-32/h1-4,11-14,17-20,27-28,37-38,45H,5-10,15-16,21-26,29-30,46-47H2,(H,48,52)(H,49,53)(H,50,54)(H,51,55). The SMILES string of the molecule is NCCCC(NC(=O)C1(C(=O)NCc2ccc3ccccc3c2)CCCC1)OBOC(CCCN)NC(=O)C1(C(=O)NCc2ccc3ccccc3c2)CCCC1. The Kier molecular flexibility index (Phi) is 14.7. The Balaban J connectivity index is 1.05. The molecule has 4 amide bonds. The lowest BCUT2D eigenvalue weighted by atomic mass is 9.83. The molecule has 2 saturated carbocycles. The number of nitrogens with two attached hydrogens (primary N) is 2. The molecular formula is C44H57BN6O6. The molecule has 2 aliphatic carbocycles. The van der Waals surface area contributed by atoms with E-state index in [0.717, 1.165) is 58.4 Å². The van der Waals surface area contributed by atoms with Crippen molar-refractivity contribution in [1.29, 1.82) is 0 Å². The van der Waals surface area contributed by atoms with Gasteiger partial charge in [0.05, 0.1) is 0 Å². The van der Waals surface area contributed by atoms with Gasteiger partial charge in [-0.05, 0) is 109 Å². The van der Waals surface area contributed by atoms with Crippen LogP contribution >= 0.6 is 0 Å². The van der Waals surface area contributed by atoms with E-state index in [0.29, 0.717) is 77.5 Å². The molecule has 0 radical (unpaired) electrons. The number of benzene rings is 4. The first kappa shape index (κ1) is 41.8. The highest BCUT2D eigenvalue weighted by Crippen LogP contribution is 2.40. The summed E-state index contributed by atoms with van der Waals surface area (Å²) in [7, 11) is -0.257. The quantitative estimate of drug-likeness (QED) is 0.0423. The van der Waals surface area contributed by atoms with Gasteiger partial charge in [-0.1, -0.05) is 98.5 Å². The van der Waals surface area contributed by atoms with Crippen LogP contribution in [0, 0.1) is 10.8 Å². The maximum atomic E-state index is 14.0. The van der Waals surface area contributed by atoms with Crippen molar-refractivity contribution in [1.82, 2.24) is 21.3 Å². The molecule has 6 rings (SSSR count). The molecule has 302 valence electrons. The van der Waals surface area contributed by atoms with Crippen LogP contribution < -0.4 is 32.7 Å². The average Bonchev–Trinajstić information content (AvgIpc) is 3.95. The summed E-state index contributed by atoms with van der Waals surface area (Å²) in [4.78, 5) is 55.4. The fraction of sp³-hybridized carbons (Fsp3) is 0.455. The summed E-state index contributed by atoms with van der Waals surface area (Å²) >= 11 is 0. The van der Waals surface area contributed by atoms with E-state index in [1.165, 1.54) is 0 Å². The summed E-state index contributed by atoms with van der Waals surface area (Å²) in [5, 5.41) is 16.4. The van der Waals surface area contributed by atoms with Gasteiger partial charge >= 0.3 is 7.69 Å². The van der Waals surface area contributed by atoms with Crippen LogP contribution in [0.3, 0.4) is 0 Å². The van der Waals surface area contributed by atoms with Gasteiger partial charge in [0.1, 0.15) is 23.3 Å². The summed E-state index contributed by atoms with van der Waals surface area (Å²) in [6.45, 7) is 1.38. The van der Waals surface area contributed by atoms with Crippen molar-refractivity contribution in [3.8, 4) is 0 Å². The number of carbonyl (C=O) groups excluding carboxylic acids is 4. The topological polar surface area (TPSA) is 187 Å². The largest absolute Gasteiger partial charge is 0.441 e. The minimum atomic E-state index is -1.22. The first-order chi connectivity index (χ1) is 27.8. The normalized spacial score (nSPS) is 16.8. The fourth-order valence-corrected chi connectivity index (χ4v) is 8.25. The lowest BCUT2D eigenvalue weighted by Crippen LogP contribution is -2.54. The van der Waals surface area contributed by atoms with Crippen LogP contribution in [-0.2, 0) is 41.6 Å². The maximum Gasteiger partial charge on any atom is 0.441 e. The first-order valence-corrected chi connectivity index (χ1v) is 20.5. The van der Waals surface area contributed by atoms with Crippen molar-refractivity contribution >= 4 is 52.9 Å². The van der Waals surface area contributed by atoms with Crippen LogP contribution in [-0.4, -0.2) is 56.9 Å². The van der Waals surface area contributed by atoms with Gasteiger partial charge in [0.15, 0.2) is 0 Å². The van der Waals surface area contributed by atoms with Crippen molar-refractivity contribution in [2.75, 3.05) is 13.1 Å². The van der Waals surface area contributed by atoms with E-state index >= 15 is 0 Å². The number of hydrogen-bond donors (Lipinski definition) is 6. The Morgan fingerprint density at radius 3 is 1.33 bits per heavy atom. The van der Waals surface area contributed by atoms with Gasteiger partial charge in [-0.25, -0.2) is 0 Å². The zero-order valence-electron chi connectivity index (χ0n) is 32.9. The van der Waals surface area contributed by atoms with Crippen LogP contribution in [0.5, 0.6) is 0 Å². The van der Waals surface area contributed by atoms with E-state index in [1.54, 1.807) is 0 Å². The molecule has 57 heavy (non-hydrogen) atoms. The Labute approximate surface area is 335 Å². The molecule has 2 unspecified atom stereocenters. The number of hydrogen-bond acceptors (Lipinski definition) is 8. The molecular weight excluding hydrogens is 719 g/mol. The molecule has 2 atom stereocenters. The molecule has 4 aromatic carbocycles. The Morgan fingerprint density at radius 1 is 0.561 bits per heavy atom. The molecule has 0 bridgehead atoms. The van der Waals surface area contributed by atoms with E-state index in [4.69, 9.17) is 20.8 Å². The predicted octanol–water partition coefficient (Wildman–Crippen LogP) is 4.71. The highest BCUT2D eigenvalue weighted by atomic mass is 16.6. The minimum absolute atomic E-state index is 0.257. The van der Waals surface area contributed by atoms with Crippen molar-refractivity contribution in [2.24, 2.45) is 22.3 Å². The number of amides is 4. The van der Waals surface area contributed by atoms with E-state index in [1.807, 2.05) is 84.9 Å². The van der Waals surface area contributed by atoms with Gasteiger partial charge in [0.2, 0.25) is 23.6 Å². The Hall–Kier alpha value is -4.82. The molecule has 0 aromatic heterocycles. The second-order valence-electron chi connectivity index (χ2n) is 15.5. The highest BCUT2D eigenvalue weighted by Gasteiger charge is 2.49. The van der Waals surface area contributed by atoms with Crippen molar-refractivity contribution in [3.05, 3.63) is 96.1 Å². The molecule has 0 aliphatic heterocycles. The van der Waals surface area contributed by atoms with Gasteiger partial charge in [0, 0.05) is 13.1 Å². The maximum absolute atomic E-state index is 14.0. The van der Waals surface area contributed by atoms with Gasteiger partial charge in [-0.3, -0.25) is 19.2 Å². The van der Waals surface area contributed by atoms with E-state index in [2.05, 4.69) is 21.3 Å². The van der Waals surface area contributed by atoms with E-state index < -0.39 is 23.3 Å². The van der Waals surface area contributed by atoms with E-state index in [-0.39, 0.29) is 31.3 Å². The summed E-state index contributed by atoms with van der Waals surface area (Å²) in [5.41, 5.74) is 11.1. The third kappa shape index (κ3) is 10.4. The second kappa shape index (κ2) is 20.0. The van der Waals surface area contributed by atoms with Crippen LogP contribution in [0.2, 0.25) is 0 Å². The zero-order chi connectivity index (χ0) is 40.1. The van der Waals surface area contributed by atoms with Crippen LogP contribution in [0.4, 0.5) is 0 Å². The number of carbonyl (C=O) groups is 4. The third-order valence-corrected chi connectivity index (χ3v) is 11.7. The first-order valence-electron chi connectivity index (χ1n) is 20.5. The molecule has 2 fully saturated rings. The van der Waals surface area contributed by atoms with Crippen molar-refractivity contribution < 1.29 is 28.5 Å². The second-order valence-corrected chi connectivity index (χ2v) is 15.5. The minimum Gasteiger partial charge on any atom is -0.393 e. The molecule has 0 heterocycles. The van der Waals surface area contributed by atoms with Crippen molar-refractivity contribution in [2.45, 2.75) is 103 Å². The Bertz CT molecular complexity index is 1860. The number of fused-ring (bicyclic) bond motifs is 2. The predicted molar refractivity (Wildman–Crippen MR) is 223 cm³/mol. The smallest absolute Gasteiger partial charge is 0.393 e. The summed E-state index contributed by atoms with van der Waals surface area (Å²) in [5.74, 6) is -1.37. The van der Waals surface area contributed by atoms with Crippen LogP contribution in [0.25, 0.3) is 21.5 Å². The van der Waals surface area contributed by atoms with E-state index in [9.17, 15) is 19.2 Å². The van der Waals surface area contributed by atoms with Crippen molar-refractivity contribution in [3.63, 3.8) is 0 Å². The molecule has 12 nitrogen and oxygen atoms in total. The Morgan fingerprint density at radius 2 is 0.947 bits per heavy atom. The highest BCUT2D eigenvalue weighted by molar-refractivity contribution is 6.18. The monoisotopic (exact) mass is 776 g/mol. The third-order valence-electron chi connectivity index (χ3n) is 11.7. The lowest BCUT2D eigenvalue weighted by Gasteiger charge is -2.31. The average molecular weight is 777 g/mol.